The molecule has 0 aromatic carbocycles. The van der Waals surface area contributed by atoms with Crippen molar-refractivity contribution >= 4 is 18.2 Å². The van der Waals surface area contributed by atoms with Crippen LogP contribution in [0.1, 0.15) is 13.8 Å². The van der Waals surface area contributed by atoms with E-state index >= 15 is 0 Å². The second-order valence-corrected chi connectivity index (χ2v) is 5.84. The lowest BCUT2D eigenvalue weighted by atomic mass is 10.6. The normalized spacial score (nSPS) is 12.6. The van der Waals surface area contributed by atoms with Crippen LogP contribution in [-0.2, 0) is 4.57 Å². The van der Waals surface area contributed by atoms with Crippen molar-refractivity contribution in [1.82, 2.24) is 0 Å². The molecule has 0 saturated carbocycles. The second-order valence-electron chi connectivity index (χ2n) is 1.64. The van der Waals surface area contributed by atoms with Crippen LogP contribution in [0.25, 0.3) is 0 Å². The van der Waals surface area contributed by atoms with Gasteiger partial charge < -0.3 is 9.79 Å². The van der Waals surface area contributed by atoms with Crippen molar-refractivity contribution in [2.24, 2.45) is 0 Å². The van der Waals surface area contributed by atoms with Crippen LogP contribution in [0.5, 0.6) is 0 Å². The Morgan fingerprint density at radius 1 is 1.50 bits per heavy atom. The fourth-order valence-corrected chi connectivity index (χ4v) is 2.47. The first-order chi connectivity index (χ1) is 3.42. The minimum atomic E-state index is -3.81. The molecule has 0 aliphatic rings. The second kappa shape index (κ2) is 2.87. The van der Waals surface area contributed by atoms with E-state index in [1.54, 1.807) is 13.8 Å². The third-order valence-corrected chi connectivity index (χ3v) is 3.13. The highest BCUT2D eigenvalue weighted by Gasteiger charge is 2.15. The van der Waals surface area contributed by atoms with Gasteiger partial charge in [0.15, 0.2) is 0 Å². The third kappa shape index (κ3) is 6.50. The average Bonchev–Trinajstić information content (AvgIpc) is 1.21. The summed E-state index contributed by atoms with van der Waals surface area (Å²) in [4.78, 5) is 16.5. The summed E-state index contributed by atoms with van der Waals surface area (Å²) in [6, 6.07) is 0. The maximum Gasteiger partial charge on any atom is 0.384 e. The van der Waals surface area contributed by atoms with Gasteiger partial charge >= 0.3 is 6.80 Å². The average molecular weight is 156 g/mol. The standard InChI is InChI=1S/C3H9O3PS/c1-3(2)8-7(4,5)6/h3H,1-2H3,(H2,4,5,6). The molecule has 0 aromatic rings. The predicted molar refractivity (Wildman–Crippen MR) is 34.8 cm³/mol. The van der Waals surface area contributed by atoms with Crippen molar-refractivity contribution in [1.29, 1.82) is 0 Å². The number of hydrogen-bond acceptors (Lipinski definition) is 2. The molecule has 50 valence electrons. The Balaban J connectivity index is 3.56. The quantitative estimate of drug-likeness (QED) is 0.590. The Morgan fingerprint density at radius 3 is 1.88 bits per heavy atom. The van der Waals surface area contributed by atoms with Gasteiger partial charge in [0.25, 0.3) is 0 Å². The van der Waals surface area contributed by atoms with Crippen molar-refractivity contribution in [3.05, 3.63) is 0 Å². The molecular weight excluding hydrogens is 147 g/mol. The largest absolute Gasteiger partial charge is 0.384 e. The zero-order chi connectivity index (χ0) is 6.78. The van der Waals surface area contributed by atoms with Crippen LogP contribution in [0.2, 0.25) is 0 Å². The first-order valence-corrected chi connectivity index (χ1v) is 5.25. The molecule has 3 nitrogen and oxygen atoms in total. The highest BCUT2D eigenvalue weighted by atomic mass is 32.7. The van der Waals surface area contributed by atoms with E-state index in [1.807, 2.05) is 0 Å². The van der Waals surface area contributed by atoms with Gasteiger partial charge in [-0.05, 0) is 11.4 Å². The van der Waals surface area contributed by atoms with Crippen LogP contribution in [0, 0.1) is 0 Å². The Labute approximate surface area is 52.4 Å². The van der Waals surface area contributed by atoms with Gasteiger partial charge in [-0.2, -0.15) is 0 Å². The van der Waals surface area contributed by atoms with E-state index < -0.39 is 6.80 Å². The van der Waals surface area contributed by atoms with E-state index in [1.165, 1.54) is 0 Å². The Morgan fingerprint density at radius 2 is 1.88 bits per heavy atom. The lowest BCUT2D eigenvalue weighted by molar-refractivity contribution is 0.397. The van der Waals surface area contributed by atoms with E-state index in [0.29, 0.717) is 11.4 Å². The number of rotatable bonds is 2. The van der Waals surface area contributed by atoms with Gasteiger partial charge in [0, 0.05) is 5.25 Å². The first kappa shape index (κ1) is 8.50. The van der Waals surface area contributed by atoms with Gasteiger partial charge in [-0.3, -0.25) is 0 Å². The van der Waals surface area contributed by atoms with Crippen molar-refractivity contribution in [3.8, 4) is 0 Å². The Hall–Kier alpha value is 0.500. The molecule has 0 heterocycles. The summed E-state index contributed by atoms with van der Waals surface area (Å²) in [5, 5.41) is -0.00386. The molecule has 0 atom stereocenters. The fraction of sp³-hybridized carbons (Fsp3) is 1.00. The van der Waals surface area contributed by atoms with Crippen molar-refractivity contribution < 1.29 is 14.4 Å². The van der Waals surface area contributed by atoms with Crippen LogP contribution in [0.3, 0.4) is 0 Å². The first-order valence-electron chi connectivity index (χ1n) is 2.16. The van der Waals surface area contributed by atoms with E-state index in [-0.39, 0.29) is 5.25 Å². The smallest absolute Gasteiger partial charge is 0.317 e. The van der Waals surface area contributed by atoms with E-state index in [0.717, 1.165) is 0 Å². The Kier molecular flexibility index (Phi) is 3.05. The Bertz CT molecular complexity index is 107. The van der Waals surface area contributed by atoms with E-state index in [4.69, 9.17) is 9.79 Å². The highest BCUT2D eigenvalue weighted by Crippen LogP contribution is 2.52. The summed E-state index contributed by atoms with van der Waals surface area (Å²) in [5.41, 5.74) is 0. The molecule has 0 saturated heterocycles. The van der Waals surface area contributed by atoms with Crippen LogP contribution in [0.4, 0.5) is 0 Å². The molecule has 0 bridgehead atoms. The monoisotopic (exact) mass is 156 g/mol. The van der Waals surface area contributed by atoms with Crippen LogP contribution < -0.4 is 0 Å². The molecule has 0 unspecified atom stereocenters. The molecule has 0 spiro atoms. The van der Waals surface area contributed by atoms with E-state index in [2.05, 4.69) is 0 Å². The maximum atomic E-state index is 10.1. The molecule has 0 rings (SSSR count). The summed E-state index contributed by atoms with van der Waals surface area (Å²) < 4.78 is 10.1. The molecule has 0 aromatic heterocycles. The van der Waals surface area contributed by atoms with Gasteiger partial charge in [0.1, 0.15) is 0 Å². The number of hydrogen-bond donors (Lipinski definition) is 2. The predicted octanol–water partition coefficient (Wildman–Crippen LogP) is 1.22. The summed E-state index contributed by atoms with van der Waals surface area (Å²) >= 11 is 0.678. The zero-order valence-corrected chi connectivity index (χ0v) is 6.45. The summed E-state index contributed by atoms with van der Waals surface area (Å²) in [6.07, 6.45) is 0. The van der Waals surface area contributed by atoms with Crippen LogP contribution in [-0.4, -0.2) is 15.0 Å². The van der Waals surface area contributed by atoms with Crippen molar-refractivity contribution in [2.75, 3.05) is 0 Å². The SMILES string of the molecule is CC(C)SP(=O)(O)O. The van der Waals surface area contributed by atoms with Gasteiger partial charge in [0.2, 0.25) is 0 Å². The van der Waals surface area contributed by atoms with Gasteiger partial charge in [-0.15, -0.1) is 0 Å². The lowest BCUT2D eigenvalue weighted by Crippen LogP contribution is -1.84. The molecule has 5 heteroatoms. The van der Waals surface area contributed by atoms with Gasteiger partial charge in [-0.25, -0.2) is 4.57 Å². The lowest BCUT2D eigenvalue weighted by Gasteiger charge is -2.03. The summed E-state index contributed by atoms with van der Waals surface area (Å²) in [6.45, 7) is -0.325. The summed E-state index contributed by atoms with van der Waals surface area (Å²) in [7, 11) is 0. The van der Waals surface area contributed by atoms with Crippen molar-refractivity contribution in [3.63, 3.8) is 0 Å². The minimum absolute atomic E-state index is 0.00386. The third-order valence-electron chi connectivity index (χ3n) is 0.348. The fourth-order valence-electron chi connectivity index (χ4n) is 0.275. The molecular formula is C3H9O3PS. The van der Waals surface area contributed by atoms with E-state index in [9.17, 15) is 4.57 Å². The van der Waals surface area contributed by atoms with Crippen LogP contribution >= 0.6 is 18.2 Å². The van der Waals surface area contributed by atoms with Gasteiger partial charge in [0.05, 0.1) is 0 Å². The molecule has 2 N–H and O–H groups in total. The van der Waals surface area contributed by atoms with Gasteiger partial charge in [-0.1, -0.05) is 13.8 Å². The van der Waals surface area contributed by atoms with Crippen molar-refractivity contribution in [2.45, 2.75) is 19.1 Å². The zero-order valence-electron chi connectivity index (χ0n) is 4.74. The molecule has 0 fully saturated rings. The molecule has 8 heavy (non-hydrogen) atoms. The summed E-state index contributed by atoms with van der Waals surface area (Å²) in [5.74, 6) is 0. The molecule has 0 aliphatic carbocycles. The maximum absolute atomic E-state index is 10.1. The van der Waals surface area contributed by atoms with Crippen LogP contribution in [0.15, 0.2) is 0 Å². The molecule has 0 aliphatic heterocycles. The molecule has 0 amide bonds. The highest BCUT2D eigenvalue weighted by molar-refractivity contribution is 8.54. The minimum Gasteiger partial charge on any atom is -0.317 e. The topological polar surface area (TPSA) is 57.5 Å². The molecule has 0 radical (unpaired) electrons.